The summed E-state index contributed by atoms with van der Waals surface area (Å²) >= 11 is 1.46. The van der Waals surface area contributed by atoms with Crippen molar-refractivity contribution >= 4 is 34.0 Å². The van der Waals surface area contributed by atoms with Crippen LogP contribution in [-0.4, -0.2) is 50.5 Å². The van der Waals surface area contributed by atoms with Crippen LogP contribution in [0, 0.1) is 12.8 Å². The van der Waals surface area contributed by atoms with Crippen molar-refractivity contribution in [3.05, 3.63) is 29.0 Å². The third kappa shape index (κ3) is 3.77. The maximum Gasteiger partial charge on any atom is 0.321 e. The van der Waals surface area contributed by atoms with Gasteiger partial charge in [-0.2, -0.15) is 4.52 Å². The van der Waals surface area contributed by atoms with Crippen molar-refractivity contribution in [1.29, 1.82) is 0 Å². The number of nitrogens with zero attached hydrogens (tertiary/aromatic N) is 6. The van der Waals surface area contributed by atoms with Crippen LogP contribution in [0.25, 0.3) is 5.65 Å². The van der Waals surface area contributed by atoms with Gasteiger partial charge in [0.15, 0.2) is 16.6 Å². The molecule has 0 radical (unpaired) electrons. The third-order valence-corrected chi connectivity index (χ3v) is 5.42. The fourth-order valence-electron chi connectivity index (χ4n) is 3.09. The van der Waals surface area contributed by atoms with Crippen molar-refractivity contribution in [3.8, 4) is 0 Å². The van der Waals surface area contributed by atoms with Gasteiger partial charge in [0.25, 0.3) is 0 Å². The van der Waals surface area contributed by atoms with E-state index in [-0.39, 0.29) is 11.4 Å². The van der Waals surface area contributed by atoms with Crippen molar-refractivity contribution in [1.82, 2.24) is 30.1 Å². The number of hydrogen-bond acceptors (Lipinski definition) is 7. The smallest absolute Gasteiger partial charge is 0.321 e. The van der Waals surface area contributed by atoms with Gasteiger partial charge < -0.3 is 10.2 Å². The van der Waals surface area contributed by atoms with Crippen LogP contribution in [0.15, 0.2) is 18.3 Å². The first-order valence-corrected chi connectivity index (χ1v) is 10.1. The number of rotatable bonds is 4. The molecule has 1 aliphatic heterocycles. The number of nitrogens with one attached hydrogen (secondary N) is 2. The highest BCUT2D eigenvalue weighted by Crippen LogP contribution is 2.25. The summed E-state index contributed by atoms with van der Waals surface area (Å²) in [5.41, 5.74) is 0.622. The number of aryl methyl sites for hydroxylation is 1. The van der Waals surface area contributed by atoms with E-state index in [1.807, 2.05) is 23.6 Å². The fourth-order valence-corrected chi connectivity index (χ4v) is 3.75. The molecule has 1 fully saturated rings. The summed E-state index contributed by atoms with van der Waals surface area (Å²) in [5.74, 6) is 2.14. The predicted molar refractivity (Wildman–Crippen MR) is 109 cm³/mol. The van der Waals surface area contributed by atoms with Gasteiger partial charge in [-0.15, -0.1) is 26.6 Å². The van der Waals surface area contributed by atoms with Crippen molar-refractivity contribution in [2.45, 2.75) is 33.1 Å². The normalized spacial score (nSPS) is 14.9. The summed E-state index contributed by atoms with van der Waals surface area (Å²) in [6, 6.07) is 3.70. The Balaban J connectivity index is 1.32. The van der Waals surface area contributed by atoms with Crippen LogP contribution in [0.2, 0.25) is 0 Å². The molecule has 0 aliphatic carbocycles. The van der Waals surface area contributed by atoms with Gasteiger partial charge >= 0.3 is 6.03 Å². The first-order valence-electron chi connectivity index (χ1n) is 9.25. The summed E-state index contributed by atoms with van der Waals surface area (Å²) in [6.07, 6.45) is 1.74. The van der Waals surface area contributed by atoms with Crippen LogP contribution < -0.4 is 15.5 Å². The highest BCUT2D eigenvalue weighted by molar-refractivity contribution is 7.15. The Labute approximate surface area is 167 Å². The quantitative estimate of drug-likeness (QED) is 0.698. The second-order valence-corrected chi connectivity index (χ2v) is 9.35. The molecule has 1 saturated heterocycles. The van der Waals surface area contributed by atoms with Crippen LogP contribution in [-0.2, 0) is 5.41 Å². The van der Waals surface area contributed by atoms with Crippen molar-refractivity contribution in [2.24, 2.45) is 5.92 Å². The van der Waals surface area contributed by atoms with E-state index in [0.29, 0.717) is 17.6 Å². The van der Waals surface area contributed by atoms with E-state index in [4.69, 9.17) is 5.10 Å². The molecule has 4 heterocycles. The minimum atomic E-state index is -0.216. The number of thiazole rings is 1. The Hall–Kier alpha value is -2.75. The fraction of sp³-hybridized carbons (Fsp3) is 0.500. The largest absolute Gasteiger partial charge is 0.354 e. The first kappa shape index (κ1) is 18.6. The summed E-state index contributed by atoms with van der Waals surface area (Å²) in [4.78, 5) is 19.4. The molecule has 0 unspecified atom stereocenters. The van der Waals surface area contributed by atoms with E-state index in [0.717, 1.165) is 35.3 Å². The van der Waals surface area contributed by atoms with Gasteiger partial charge in [-0.05, 0) is 19.1 Å². The van der Waals surface area contributed by atoms with E-state index in [2.05, 4.69) is 51.5 Å². The Morgan fingerprint density at radius 1 is 1.29 bits per heavy atom. The maximum atomic E-state index is 12.0. The molecule has 10 heteroatoms. The highest BCUT2D eigenvalue weighted by atomic mass is 32.1. The van der Waals surface area contributed by atoms with Gasteiger partial charge in [-0.1, -0.05) is 20.8 Å². The number of amides is 2. The second kappa shape index (κ2) is 7.01. The van der Waals surface area contributed by atoms with Gasteiger partial charge in [0, 0.05) is 42.0 Å². The van der Waals surface area contributed by atoms with Gasteiger partial charge in [-0.3, -0.25) is 5.32 Å². The molecule has 4 rings (SSSR count). The SMILES string of the molecule is Cc1cnc(NC(=O)NCC2CN(c3ccc4nnc(C(C)(C)C)n4n3)C2)s1. The molecule has 0 spiro atoms. The molecule has 28 heavy (non-hydrogen) atoms. The molecule has 2 N–H and O–H groups in total. The van der Waals surface area contributed by atoms with Crippen LogP contribution in [0.4, 0.5) is 15.7 Å². The van der Waals surface area contributed by atoms with Crippen molar-refractivity contribution < 1.29 is 4.79 Å². The Kier molecular flexibility index (Phi) is 4.66. The summed E-state index contributed by atoms with van der Waals surface area (Å²) in [5, 5.41) is 19.5. The number of hydrogen-bond donors (Lipinski definition) is 2. The second-order valence-electron chi connectivity index (χ2n) is 8.12. The molecule has 9 nitrogen and oxygen atoms in total. The first-order chi connectivity index (χ1) is 13.3. The Morgan fingerprint density at radius 3 is 2.75 bits per heavy atom. The zero-order valence-corrected chi connectivity index (χ0v) is 17.2. The molecule has 0 saturated carbocycles. The molecular formula is C18H24N8OS. The number of carbonyl (C=O) groups is 1. The number of carbonyl (C=O) groups excluding carboxylic acids is 1. The Bertz CT molecular complexity index is 999. The van der Waals surface area contributed by atoms with Crippen LogP contribution in [0.3, 0.4) is 0 Å². The van der Waals surface area contributed by atoms with E-state index in [1.165, 1.54) is 11.3 Å². The van der Waals surface area contributed by atoms with Crippen LogP contribution >= 0.6 is 11.3 Å². The molecule has 3 aromatic rings. The zero-order valence-electron chi connectivity index (χ0n) is 16.4. The number of anilines is 2. The average molecular weight is 401 g/mol. The number of urea groups is 1. The van der Waals surface area contributed by atoms with Crippen LogP contribution in [0.5, 0.6) is 0 Å². The van der Waals surface area contributed by atoms with Crippen molar-refractivity contribution in [3.63, 3.8) is 0 Å². The molecule has 148 valence electrons. The summed E-state index contributed by atoms with van der Waals surface area (Å²) in [7, 11) is 0. The molecule has 1 aliphatic rings. The highest BCUT2D eigenvalue weighted by Gasteiger charge is 2.29. The molecule has 2 amide bonds. The van der Waals surface area contributed by atoms with E-state index in [1.54, 1.807) is 6.20 Å². The third-order valence-electron chi connectivity index (χ3n) is 4.59. The number of aromatic nitrogens is 5. The van der Waals surface area contributed by atoms with E-state index < -0.39 is 0 Å². The minimum Gasteiger partial charge on any atom is -0.354 e. The monoisotopic (exact) mass is 400 g/mol. The topological polar surface area (TPSA) is 100 Å². The Morgan fingerprint density at radius 2 is 2.07 bits per heavy atom. The average Bonchev–Trinajstić information content (AvgIpc) is 3.18. The maximum absolute atomic E-state index is 12.0. The minimum absolute atomic E-state index is 0.129. The van der Waals surface area contributed by atoms with Gasteiger partial charge in [-0.25, -0.2) is 9.78 Å². The zero-order chi connectivity index (χ0) is 19.9. The predicted octanol–water partition coefficient (Wildman–Crippen LogP) is 2.44. The summed E-state index contributed by atoms with van der Waals surface area (Å²) in [6.45, 7) is 10.6. The molecule has 3 aromatic heterocycles. The lowest BCUT2D eigenvalue weighted by atomic mass is 9.96. The lowest BCUT2D eigenvalue weighted by Crippen LogP contribution is -2.52. The molecule has 0 bridgehead atoms. The van der Waals surface area contributed by atoms with E-state index >= 15 is 0 Å². The lowest BCUT2D eigenvalue weighted by Gasteiger charge is -2.40. The van der Waals surface area contributed by atoms with Gasteiger partial charge in [0.2, 0.25) is 0 Å². The van der Waals surface area contributed by atoms with E-state index in [9.17, 15) is 4.79 Å². The lowest BCUT2D eigenvalue weighted by molar-refractivity contribution is 0.248. The van der Waals surface area contributed by atoms with Gasteiger partial charge in [0.1, 0.15) is 5.82 Å². The molecular weight excluding hydrogens is 376 g/mol. The summed E-state index contributed by atoms with van der Waals surface area (Å²) < 4.78 is 1.82. The standard InChI is InChI=1S/C18H24N8OS/c1-11-7-20-17(28-11)21-16(27)19-8-12-9-25(10-12)14-6-5-13-22-23-15(18(2,3)4)26(13)24-14/h5-7,12H,8-10H2,1-4H3,(H2,19,20,21,27). The van der Waals surface area contributed by atoms with Crippen molar-refractivity contribution in [2.75, 3.05) is 29.9 Å². The number of fused-ring (bicyclic) bond motifs is 1. The molecule has 0 aromatic carbocycles. The molecule has 0 atom stereocenters. The van der Waals surface area contributed by atoms with Gasteiger partial charge in [0.05, 0.1) is 0 Å². The van der Waals surface area contributed by atoms with Crippen LogP contribution in [0.1, 0.15) is 31.5 Å².